The van der Waals surface area contributed by atoms with Gasteiger partial charge in [-0.3, -0.25) is 0 Å². The van der Waals surface area contributed by atoms with Crippen LogP contribution in [0.15, 0.2) is 36.4 Å². The Balaban J connectivity index is 2.55. The van der Waals surface area contributed by atoms with Gasteiger partial charge >= 0.3 is 0 Å². The molecule has 0 aliphatic carbocycles. The van der Waals surface area contributed by atoms with Crippen LogP contribution in [0.1, 0.15) is 17.2 Å². The van der Waals surface area contributed by atoms with E-state index in [9.17, 15) is 0 Å². The first kappa shape index (κ1) is 15.5. The summed E-state index contributed by atoms with van der Waals surface area (Å²) in [6.45, 7) is 0. The Hall–Kier alpha value is -0.930. The number of nitrogens with one attached hydrogen (secondary N) is 1. The van der Waals surface area contributed by atoms with Gasteiger partial charge in [0, 0.05) is 20.6 Å². The Labute approximate surface area is 133 Å². The Kier molecular flexibility index (Phi) is 5.17. The molecular weight excluding hydrogens is 317 g/mol. The van der Waals surface area contributed by atoms with Gasteiger partial charge < -0.3 is 10.1 Å². The van der Waals surface area contributed by atoms with Gasteiger partial charge in [-0.1, -0.05) is 40.9 Å². The molecule has 0 aliphatic heterocycles. The molecule has 2 rings (SSSR count). The topological polar surface area (TPSA) is 21.3 Å². The normalized spacial score (nSPS) is 12.2. The molecular formula is C15H14Cl3NO. The molecule has 2 aromatic rings. The second kappa shape index (κ2) is 6.68. The van der Waals surface area contributed by atoms with Crippen LogP contribution in [0.4, 0.5) is 0 Å². The number of benzene rings is 2. The van der Waals surface area contributed by atoms with Crippen molar-refractivity contribution >= 4 is 34.8 Å². The Morgan fingerprint density at radius 3 is 2.25 bits per heavy atom. The van der Waals surface area contributed by atoms with E-state index in [0.29, 0.717) is 20.8 Å². The summed E-state index contributed by atoms with van der Waals surface area (Å²) >= 11 is 18.3. The van der Waals surface area contributed by atoms with Crippen LogP contribution in [-0.2, 0) is 0 Å². The highest BCUT2D eigenvalue weighted by molar-refractivity contribution is 6.33. The van der Waals surface area contributed by atoms with Crippen molar-refractivity contribution in [2.24, 2.45) is 0 Å². The van der Waals surface area contributed by atoms with Crippen molar-refractivity contribution < 1.29 is 4.74 Å². The maximum Gasteiger partial charge on any atom is 0.125 e. The number of rotatable bonds is 4. The van der Waals surface area contributed by atoms with E-state index in [1.807, 2.05) is 25.2 Å². The van der Waals surface area contributed by atoms with E-state index >= 15 is 0 Å². The van der Waals surface area contributed by atoms with E-state index in [2.05, 4.69) is 5.32 Å². The predicted octanol–water partition coefficient (Wildman–Crippen LogP) is 4.96. The van der Waals surface area contributed by atoms with Crippen LogP contribution in [0.2, 0.25) is 15.1 Å². The highest BCUT2D eigenvalue weighted by Crippen LogP contribution is 2.35. The molecule has 0 spiro atoms. The molecule has 0 amide bonds. The second-order valence-corrected chi connectivity index (χ2v) is 5.55. The number of hydrogen-bond acceptors (Lipinski definition) is 2. The zero-order valence-electron chi connectivity index (χ0n) is 11.1. The van der Waals surface area contributed by atoms with Gasteiger partial charge in [0.1, 0.15) is 5.75 Å². The van der Waals surface area contributed by atoms with Crippen molar-refractivity contribution in [3.63, 3.8) is 0 Å². The quantitative estimate of drug-likeness (QED) is 0.855. The Morgan fingerprint density at radius 1 is 0.950 bits per heavy atom. The van der Waals surface area contributed by atoms with Crippen LogP contribution < -0.4 is 10.1 Å². The lowest BCUT2D eigenvalue weighted by molar-refractivity contribution is 0.405. The molecule has 1 N–H and O–H groups in total. The van der Waals surface area contributed by atoms with Crippen molar-refractivity contribution in [3.05, 3.63) is 62.6 Å². The largest absolute Gasteiger partial charge is 0.496 e. The summed E-state index contributed by atoms with van der Waals surface area (Å²) in [5.74, 6) is 0.702. The molecule has 106 valence electrons. The van der Waals surface area contributed by atoms with Gasteiger partial charge in [-0.25, -0.2) is 0 Å². The molecule has 1 unspecified atom stereocenters. The summed E-state index contributed by atoms with van der Waals surface area (Å²) < 4.78 is 5.40. The first-order valence-electron chi connectivity index (χ1n) is 6.02. The van der Waals surface area contributed by atoms with E-state index in [0.717, 1.165) is 11.1 Å². The van der Waals surface area contributed by atoms with Gasteiger partial charge in [0.05, 0.1) is 13.2 Å². The third-order valence-corrected chi connectivity index (χ3v) is 3.88. The van der Waals surface area contributed by atoms with Gasteiger partial charge in [-0.2, -0.15) is 0 Å². The first-order valence-corrected chi connectivity index (χ1v) is 7.16. The molecule has 20 heavy (non-hydrogen) atoms. The Morgan fingerprint density at radius 2 is 1.60 bits per heavy atom. The fourth-order valence-corrected chi connectivity index (χ4v) is 2.71. The van der Waals surface area contributed by atoms with Crippen molar-refractivity contribution in [2.45, 2.75) is 6.04 Å². The third-order valence-electron chi connectivity index (χ3n) is 3.06. The summed E-state index contributed by atoms with van der Waals surface area (Å²) in [5, 5.41) is 5.13. The molecule has 0 aliphatic rings. The molecule has 0 fully saturated rings. The smallest absolute Gasteiger partial charge is 0.125 e. The summed E-state index contributed by atoms with van der Waals surface area (Å²) in [4.78, 5) is 0. The highest BCUT2D eigenvalue weighted by atomic mass is 35.5. The summed E-state index contributed by atoms with van der Waals surface area (Å²) in [5.41, 5.74) is 1.84. The van der Waals surface area contributed by atoms with Crippen molar-refractivity contribution in [2.75, 3.05) is 14.2 Å². The first-order chi connectivity index (χ1) is 9.56. The van der Waals surface area contributed by atoms with Crippen LogP contribution in [0.5, 0.6) is 5.75 Å². The zero-order valence-corrected chi connectivity index (χ0v) is 13.4. The molecule has 2 nitrogen and oxygen atoms in total. The number of hydrogen-bond donors (Lipinski definition) is 1. The van der Waals surface area contributed by atoms with Crippen LogP contribution in [-0.4, -0.2) is 14.2 Å². The van der Waals surface area contributed by atoms with E-state index in [1.54, 1.807) is 25.3 Å². The molecule has 2 aromatic carbocycles. The van der Waals surface area contributed by atoms with Gasteiger partial charge in [0.2, 0.25) is 0 Å². The molecule has 1 atom stereocenters. The maximum atomic E-state index is 6.28. The third kappa shape index (κ3) is 3.21. The van der Waals surface area contributed by atoms with Crippen LogP contribution in [0.3, 0.4) is 0 Å². The molecule has 0 radical (unpaired) electrons. The molecule has 0 aromatic heterocycles. The average Bonchev–Trinajstić information content (AvgIpc) is 2.44. The number of methoxy groups -OCH3 is 1. The minimum atomic E-state index is -0.131. The summed E-state index contributed by atoms with van der Waals surface area (Å²) in [7, 11) is 3.47. The fourth-order valence-electron chi connectivity index (χ4n) is 2.14. The minimum absolute atomic E-state index is 0.131. The van der Waals surface area contributed by atoms with Crippen molar-refractivity contribution in [1.82, 2.24) is 5.32 Å². The van der Waals surface area contributed by atoms with Gasteiger partial charge in [0.25, 0.3) is 0 Å². The lowest BCUT2D eigenvalue weighted by Gasteiger charge is -2.21. The lowest BCUT2D eigenvalue weighted by Crippen LogP contribution is -2.19. The van der Waals surface area contributed by atoms with Crippen molar-refractivity contribution in [1.29, 1.82) is 0 Å². The molecule has 0 heterocycles. The second-order valence-electron chi connectivity index (χ2n) is 4.27. The lowest BCUT2D eigenvalue weighted by atomic mass is 9.98. The predicted molar refractivity (Wildman–Crippen MR) is 85.4 cm³/mol. The standard InChI is InChI=1S/C15H14Cl3NO/c1-19-15(12-7-9(16)4-6-13(12)18)11-5-3-10(17)8-14(11)20-2/h3-8,15,19H,1-2H3. The SMILES string of the molecule is CNC(c1cc(Cl)ccc1Cl)c1ccc(Cl)cc1OC. The van der Waals surface area contributed by atoms with Crippen LogP contribution in [0.25, 0.3) is 0 Å². The monoisotopic (exact) mass is 329 g/mol. The molecule has 5 heteroatoms. The van der Waals surface area contributed by atoms with E-state index in [-0.39, 0.29) is 6.04 Å². The summed E-state index contributed by atoms with van der Waals surface area (Å²) in [6.07, 6.45) is 0. The van der Waals surface area contributed by atoms with Crippen molar-refractivity contribution in [3.8, 4) is 5.75 Å². The van der Waals surface area contributed by atoms with Crippen LogP contribution >= 0.6 is 34.8 Å². The number of ether oxygens (including phenoxy) is 1. The van der Waals surface area contributed by atoms with Gasteiger partial charge in [0.15, 0.2) is 0 Å². The average molecular weight is 331 g/mol. The minimum Gasteiger partial charge on any atom is -0.496 e. The van der Waals surface area contributed by atoms with E-state index in [1.165, 1.54) is 0 Å². The summed E-state index contributed by atoms with van der Waals surface area (Å²) in [6, 6.07) is 10.8. The van der Waals surface area contributed by atoms with E-state index < -0.39 is 0 Å². The molecule has 0 bridgehead atoms. The molecule has 0 saturated carbocycles. The Bertz CT molecular complexity index is 616. The fraction of sp³-hybridized carbons (Fsp3) is 0.200. The van der Waals surface area contributed by atoms with Gasteiger partial charge in [-0.15, -0.1) is 0 Å². The van der Waals surface area contributed by atoms with Gasteiger partial charge in [-0.05, 0) is 42.9 Å². The molecule has 0 saturated heterocycles. The zero-order chi connectivity index (χ0) is 14.7. The van der Waals surface area contributed by atoms with Crippen LogP contribution in [0, 0.1) is 0 Å². The number of halogens is 3. The maximum absolute atomic E-state index is 6.28. The highest BCUT2D eigenvalue weighted by Gasteiger charge is 2.19. The van der Waals surface area contributed by atoms with E-state index in [4.69, 9.17) is 39.5 Å².